The molecule has 0 amide bonds. The van der Waals surface area contributed by atoms with Crippen LogP contribution in [0.1, 0.15) is 19.5 Å². The minimum absolute atomic E-state index is 0.228. The van der Waals surface area contributed by atoms with E-state index < -0.39 is 12.5 Å². The third-order valence-electron chi connectivity index (χ3n) is 1.83. The van der Waals surface area contributed by atoms with Gasteiger partial charge in [-0.1, -0.05) is 13.8 Å². The standard InChI is InChI=1S/C9H14F2N2O/c1-7(2)5-13-8(3-4-12-13)9(10,11)6-14/h3-4,7,14H,5-6H2,1-2H3. The fourth-order valence-corrected chi connectivity index (χ4v) is 1.22. The molecule has 14 heavy (non-hydrogen) atoms. The van der Waals surface area contributed by atoms with Crippen molar-refractivity contribution in [1.29, 1.82) is 0 Å². The highest BCUT2D eigenvalue weighted by atomic mass is 19.3. The first-order valence-corrected chi connectivity index (χ1v) is 4.48. The van der Waals surface area contributed by atoms with E-state index in [4.69, 9.17) is 5.11 Å². The van der Waals surface area contributed by atoms with E-state index in [0.717, 1.165) is 0 Å². The lowest BCUT2D eigenvalue weighted by atomic mass is 10.2. The quantitative estimate of drug-likeness (QED) is 0.809. The lowest BCUT2D eigenvalue weighted by Gasteiger charge is -2.16. The predicted molar refractivity (Wildman–Crippen MR) is 48.0 cm³/mol. The summed E-state index contributed by atoms with van der Waals surface area (Å²) in [4.78, 5) is 0. The molecule has 3 nitrogen and oxygen atoms in total. The zero-order valence-corrected chi connectivity index (χ0v) is 8.24. The van der Waals surface area contributed by atoms with Crippen molar-refractivity contribution in [2.75, 3.05) is 6.61 Å². The van der Waals surface area contributed by atoms with E-state index in [1.165, 1.54) is 16.9 Å². The summed E-state index contributed by atoms with van der Waals surface area (Å²) in [7, 11) is 0. The molecule has 0 fully saturated rings. The van der Waals surface area contributed by atoms with Crippen molar-refractivity contribution < 1.29 is 13.9 Å². The summed E-state index contributed by atoms with van der Waals surface area (Å²) in [5.41, 5.74) is -0.228. The van der Waals surface area contributed by atoms with Gasteiger partial charge in [-0.25, -0.2) is 0 Å². The van der Waals surface area contributed by atoms with E-state index in [1.807, 2.05) is 13.8 Å². The van der Waals surface area contributed by atoms with E-state index in [0.29, 0.717) is 6.54 Å². The van der Waals surface area contributed by atoms with Crippen LogP contribution in [0.4, 0.5) is 8.78 Å². The summed E-state index contributed by atoms with van der Waals surface area (Å²) in [6, 6.07) is 1.23. The molecule has 1 aromatic heterocycles. The van der Waals surface area contributed by atoms with Crippen molar-refractivity contribution in [2.24, 2.45) is 5.92 Å². The lowest BCUT2D eigenvalue weighted by Crippen LogP contribution is -2.24. The number of halogens is 2. The summed E-state index contributed by atoms with van der Waals surface area (Å²) in [5.74, 6) is -2.96. The maximum absolute atomic E-state index is 13.1. The Bertz CT molecular complexity index is 297. The van der Waals surface area contributed by atoms with Gasteiger partial charge >= 0.3 is 5.92 Å². The second-order valence-corrected chi connectivity index (χ2v) is 3.65. The molecule has 1 heterocycles. The Morgan fingerprint density at radius 2 is 2.21 bits per heavy atom. The Kier molecular flexibility index (Phi) is 3.21. The Morgan fingerprint density at radius 1 is 1.57 bits per heavy atom. The Labute approximate surface area is 81.4 Å². The molecule has 0 aromatic carbocycles. The van der Waals surface area contributed by atoms with E-state index >= 15 is 0 Å². The van der Waals surface area contributed by atoms with E-state index in [1.54, 1.807) is 0 Å². The zero-order chi connectivity index (χ0) is 10.8. The van der Waals surface area contributed by atoms with E-state index in [2.05, 4.69) is 5.10 Å². The molecule has 5 heteroatoms. The molecule has 0 atom stereocenters. The second-order valence-electron chi connectivity index (χ2n) is 3.65. The van der Waals surface area contributed by atoms with Gasteiger partial charge in [0.2, 0.25) is 0 Å². The zero-order valence-electron chi connectivity index (χ0n) is 8.24. The number of hydrogen-bond acceptors (Lipinski definition) is 2. The molecule has 0 aliphatic rings. The van der Waals surface area contributed by atoms with Crippen LogP contribution < -0.4 is 0 Å². The van der Waals surface area contributed by atoms with Crippen LogP contribution >= 0.6 is 0 Å². The van der Waals surface area contributed by atoms with Crippen molar-refractivity contribution in [3.05, 3.63) is 18.0 Å². The van der Waals surface area contributed by atoms with Gasteiger partial charge in [-0.3, -0.25) is 4.68 Å². The molecule has 0 aliphatic carbocycles. The van der Waals surface area contributed by atoms with E-state index in [-0.39, 0.29) is 11.6 Å². The third-order valence-corrected chi connectivity index (χ3v) is 1.83. The van der Waals surface area contributed by atoms with Gasteiger partial charge in [0.05, 0.1) is 0 Å². The molecule has 0 saturated carbocycles. The normalized spacial score (nSPS) is 12.4. The fraction of sp³-hybridized carbons (Fsp3) is 0.667. The highest BCUT2D eigenvalue weighted by Gasteiger charge is 2.34. The number of aliphatic hydroxyl groups is 1. The van der Waals surface area contributed by atoms with Gasteiger partial charge in [0, 0.05) is 12.7 Å². The fourth-order valence-electron chi connectivity index (χ4n) is 1.22. The molecular weight excluding hydrogens is 190 g/mol. The number of hydrogen-bond donors (Lipinski definition) is 1. The third kappa shape index (κ3) is 2.29. The average molecular weight is 204 g/mol. The summed E-state index contributed by atoms with van der Waals surface area (Å²) in [5, 5.41) is 12.3. The number of aromatic nitrogens is 2. The van der Waals surface area contributed by atoms with Gasteiger partial charge in [0.15, 0.2) is 0 Å². The molecule has 0 unspecified atom stereocenters. The lowest BCUT2D eigenvalue weighted by molar-refractivity contribution is -0.0630. The highest BCUT2D eigenvalue weighted by molar-refractivity contribution is 5.08. The molecule has 0 radical (unpaired) electrons. The Hall–Kier alpha value is -0.970. The van der Waals surface area contributed by atoms with E-state index in [9.17, 15) is 8.78 Å². The van der Waals surface area contributed by atoms with Crippen LogP contribution in [-0.2, 0) is 12.5 Å². The minimum atomic E-state index is -3.20. The largest absolute Gasteiger partial charge is 0.390 e. The number of nitrogens with zero attached hydrogens (tertiary/aromatic N) is 2. The van der Waals surface area contributed by atoms with Crippen molar-refractivity contribution in [3.8, 4) is 0 Å². The van der Waals surface area contributed by atoms with Gasteiger partial charge in [0.25, 0.3) is 0 Å². The maximum Gasteiger partial charge on any atom is 0.311 e. The van der Waals surface area contributed by atoms with Crippen LogP contribution in [0.2, 0.25) is 0 Å². The van der Waals surface area contributed by atoms with Gasteiger partial charge in [-0.15, -0.1) is 0 Å². The van der Waals surface area contributed by atoms with Crippen molar-refractivity contribution in [3.63, 3.8) is 0 Å². The molecule has 0 bridgehead atoms. The van der Waals surface area contributed by atoms with Crippen LogP contribution in [0.5, 0.6) is 0 Å². The van der Waals surface area contributed by atoms with Crippen LogP contribution in [-0.4, -0.2) is 21.5 Å². The predicted octanol–water partition coefficient (Wildman–Crippen LogP) is 1.62. The minimum Gasteiger partial charge on any atom is -0.390 e. The maximum atomic E-state index is 13.1. The topological polar surface area (TPSA) is 38.0 Å². The van der Waals surface area contributed by atoms with Crippen molar-refractivity contribution in [1.82, 2.24) is 9.78 Å². The monoisotopic (exact) mass is 204 g/mol. The second kappa shape index (κ2) is 4.04. The first kappa shape index (κ1) is 11.1. The van der Waals surface area contributed by atoms with Gasteiger partial charge < -0.3 is 5.11 Å². The molecule has 0 aliphatic heterocycles. The van der Waals surface area contributed by atoms with Crippen LogP contribution in [0.15, 0.2) is 12.3 Å². The Balaban J connectivity index is 2.92. The highest BCUT2D eigenvalue weighted by Crippen LogP contribution is 2.27. The molecular formula is C9H14F2N2O. The number of alkyl halides is 2. The first-order chi connectivity index (χ1) is 6.47. The van der Waals surface area contributed by atoms with Crippen molar-refractivity contribution >= 4 is 0 Å². The molecule has 1 rings (SSSR count). The molecule has 1 aromatic rings. The smallest absolute Gasteiger partial charge is 0.311 e. The summed E-state index contributed by atoms with van der Waals surface area (Å²) >= 11 is 0. The molecule has 0 saturated heterocycles. The summed E-state index contributed by atoms with van der Waals surface area (Å²) in [6.45, 7) is 3.08. The van der Waals surface area contributed by atoms with Crippen molar-refractivity contribution in [2.45, 2.75) is 26.3 Å². The van der Waals surface area contributed by atoms with Gasteiger partial charge in [0.1, 0.15) is 12.3 Å². The average Bonchev–Trinajstić information content (AvgIpc) is 2.52. The molecule has 0 spiro atoms. The summed E-state index contributed by atoms with van der Waals surface area (Å²) < 4.78 is 27.5. The molecule has 80 valence electrons. The van der Waals surface area contributed by atoms with Crippen LogP contribution in [0, 0.1) is 5.92 Å². The molecule has 1 N–H and O–H groups in total. The van der Waals surface area contributed by atoms with Gasteiger partial charge in [-0.2, -0.15) is 13.9 Å². The Morgan fingerprint density at radius 3 is 2.71 bits per heavy atom. The number of rotatable bonds is 4. The van der Waals surface area contributed by atoms with Gasteiger partial charge in [-0.05, 0) is 12.0 Å². The SMILES string of the molecule is CC(C)Cn1nccc1C(F)(F)CO. The summed E-state index contributed by atoms with van der Waals surface area (Å²) in [6.07, 6.45) is 1.32. The van der Waals surface area contributed by atoms with Crippen LogP contribution in [0.3, 0.4) is 0 Å². The number of aliphatic hydroxyl groups excluding tert-OH is 1. The first-order valence-electron chi connectivity index (χ1n) is 4.48. The van der Waals surface area contributed by atoms with Crippen LogP contribution in [0.25, 0.3) is 0 Å².